The first-order valence-corrected chi connectivity index (χ1v) is 9.58. The third-order valence-electron chi connectivity index (χ3n) is 5.12. The highest BCUT2D eigenvalue weighted by atomic mass is 16.5. The first kappa shape index (κ1) is 19.4. The van der Waals surface area contributed by atoms with Crippen molar-refractivity contribution in [3.8, 4) is 28.4 Å². The normalized spacial score (nSPS) is 14.0. The largest absolute Gasteiger partial charge is 0.490 e. The topological polar surface area (TPSA) is 157 Å². The van der Waals surface area contributed by atoms with Gasteiger partial charge in [0.05, 0.1) is 22.9 Å². The number of anilines is 2. The minimum atomic E-state index is -1.04. The predicted molar refractivity (Wildman–Crippen MR) is 112 cm³/mol. The van der Waals surface area contributed by atoms with Gasteiger partial charge in [-0.3, -0.25) is 9.78 Å². The highest BCUT2D eigenvalue weighted by molar-refractivity contribution is 5.87. The van der Waals surface area contributed by atoms with Gasteiger partial charge >= 0.3 is 5.97 Å². The Kier molecular flexibility index (Phi) is 5.09. The maximum Gasteiger partial charge on any atom is 0.337 e. The lowest BCUT2D eigenvalue weighted by Gasteiger charge is -2.17. The Bertz CT molecular complexity index is 1150. The van der Waals surface area contributed by atoms with Crippen molar-refractivity contribution in [1.29, 1.82) is 0 Å². The number of ether oxygens (including phenoxy) is 1. The van der Waals surface area contributed by atoms with E-state index in [9.17, 15) is 9.59 Å². The molecule has 1 saturated carbocycles. The van der Waals surface area contributed by atoms with Crippen LogP contribution in [-0.4, -0.2) is 32.1 Å². The van der Waals surface area contributed by atoms with Crippen molar-refractivity contribution < 1.29 is 14.6 Å². The standard InChI is InChI=1S/C21H21N5O4/c22-17-18(23)25-19(26-20(17)27)14-7-5-11(9-16(14)30-13-3-1-2-4-13)15-8-6-12(10-24-15)21(28)29/h5-10,13H,1-4,22H2,(H,28,29)(H3,23,25,26,27). The monoisotopic (exact) mass is 407 g/mol. The first-order chi connectivity index (χ1) is 14.4. The molecule has 0 unspecified atom stereocenters. The molecule has 1 aliphatic rings. The number of nitrogens with one attached hydrogen (secondary N) is 1. The van der Waals surface area contributed by atoms with E-state index in [-0.39, 0.29) is 29.0 Å². The fourth-order valence-corrected chi connectivity index (χ4v) is 3.48. The van der Waals surface area contributed by atoms with E-state index >= 15 is 0 Å². The Morgan fingerprint density at radius 1 is 1.17 bits per heavy atom. The zero-order valence-electron chi connectivity index (χ0n) is 16.1. The molecule has 0 saturated heterocycles. The number of pyridine rings is 1. The molecule has 0 aliphatic heterocycles. The molecule has 0 atom stereocenters. The Morgan fingerprint density at radius 3 is 2.57 bits per heavy atom. The molecule has 0 bridgehead atoms. The summed E-state index contributed by atoms with van der Waals surface area (Å²) in [6.45, 7) is 0. The number of nitrogen functional groups attached to an aromatic ring is 2. The van der Waals surface area contributed by atoms with Gasteiger partial charge < -0.3 is 26.3 Å². The number of aromatic nitrogens is 3. The third kappa shape index (κ3) is 3.82. The van der Waals surface area contributed by atoms with E-state index in [1.807, 2.05) is 6.07 Å². The van der Waals surface area contributed by atoms with Gasteiger partial charge in [0, 0.05) is 11.8 Å². The Labute approximate surface area is 171 Å². The smallest absolute Gasteiger partial charge is 0.337 e. The van der Waals surface area contributed by atoms with Gasteiger partial charge in [0.15, 0.2) is 5.82 Å². The van der Waals surface area contributed by atoms with Crippen LogP contribution in [0.25, 0.3) is 22.6 Å². The van der Waals surface area contributed by atoms with Crippen LogP contribution in [0.1, 0.15) is 36.0 Å². The molecule has 0 spiro atoms. The van der Waals surface area contributed by atoms with E-state index in [1.165, 1.54) is 12.3 Å². The second-order valence-corrected chi connectivity index (χ2v) is 7.19. The van der Waals surface area contributed by atoms with Crippen molar-refractivity contribution in [2.24, 2.45) is 0 Å². The van der Waals surface area contributed by atoms with Crippen molar-refractivity contribution in [2.75, 3.05) is 11.5 Å². The highest BCUT2D eigenvalue weighted by Crippen LogP contribution is 2.35. The number of rotatable bonds is 5. The Hall–Kier alpha value is -3.88. The van der Waals surface area contributed by atoms with Crippen LogP contribution < -0.4 is 21.8 Å². The lowest BCUT2D eigenvalue weighted by Crippen LogP contribution is -2.18. The summed E-state index contributed by atoms with van der Waals surface area (Å²) in [5.74, 6) is -0.280. The number of benzene rings is 1. The highest BCUT2D eigenvalue weighted by Gasteiger charge is 2.20. The Balaban J connectivity index is 1.78. The number of aromatic carboxylic acids is 1. The molecule has 2 heterocycles. The van der Waals surface area contributed by atoms with Gasteiger partial charge in [-0.1, -0.05) is 6.07 Å². The van der Waals surface area contributed by atoms with E-state index < -0.39 is 11.5 Å². The molecular weight excluding hydrogens is 386 g/mol. The minimum Gasteiger partial charge on any atom is -0.490 e. The van der Waals surface area contributed by atoms with Crippen molar-refractivity contribution in [3.63, 3.8) is 0 Å². The maximum absolute atomic E-state index is 12.1. The van der Waals surface area contributed by atoms with Gasteiger partial charge in [0.2, 0.25) is 0 Å². The zero-order valence-corrected chi connectivity index (χ0v) is 16.1. The first-order valence-electron chi connectivity index (χ1n) is 9.58. The summed E-state index contributed by atoms with van der Waals surface area (Å²) < 4.78 is 6.24. The fourth-order valence-electron chi connectivity index (χ4n) is 3.48. The van der Waals surface area contributed by atoms with Gasteiger partial charge in [0.1, 0.15) is 17.3 Å². The molecule has 0 amide bonds. The summed E-state index contributed by atoms with van der Waals surface area (Å²) in [4.78, 5) is 34.2. The molecule has 1 aromatic carbocycles. The summed E-state index contributed by atoms with van der Waals surface area (Å²) in [6, 6.07) is 8.50. The van der Waals surface area contributed by atoms with Crippen LogP contribution in [0.2, 0.25) is 0 Å². The lowest BCUT2D eigenvalue weighted by molar-refractivity contribution is 0.0696. The van der Waals surface area contributed by atoms with Crippen LogP contribution in [0, 0.1) is 0 Å². The van der Waals surface area contributed by atoms with Crippen LogP contribution in [0.3, 0.4) is 0 Å². The molecule has 2 aromatic heterocycles. The number of H-pyrrole nitrogens is 1. The van der Waals surface area contributed by atoms with Crippen LogP contribution >= 0.6 is 0 Å². The molecule has 9 heteroatoms. The van der Waals surface area contributed by atoms with Crippen molar-refractivity contribution in [1.82, 2.24) is 15.0 Å². The second kappa shape index (κ2) is 7.86. The molecule has 6 N–H and O–H groups in total. The van der Waals surface area contributed by atoms with Crippen molar-refractivity contribution in [2.45, 2.75) is 31.8 Å². The molecule has 3 aromatic rings. The minimum absolute atomic E-state index is 0.0458. The average molecular weight is 407 g/mol. The predicted octanol–water partition coefficient (Wildman–Crippen LogP) is 2.68. The molecule has 154 valence electrons. The summed E-state index contributed by atoms with van der Waals surface area (Å²) >= 11 is 0. The van der Waals surface area contributed by atoms with Crippen LogP contribution in [0.4, 0.5) is 11.5 Å². The van der Waals surface area contributed by atoms with E-state index in [0.717, 1.165) is 31.2 Å². The second-order valence-electron chi connectivity index (χ2n) is 7.19. The van der Waals surface area contributed by atoms with E-state index in [1.54, 1.807) is 18.2 Å². The quantitative estimate of drug-likeness (QED) is 0.503. The molecule has 9 nitrogen and oxygen atoms in total. The number of hydrogen-bond acceptors (Lipinski definition) is 7. The van der Waals surface area contributed by atoms with Gasteiger partial charge in [-0.2, -0.15) is 0 Å². The summed E-state index contributed by atoms with van der Waals surface area (Å²) in [5.41, 5.74) is 12.8. The SMILES string of the molecule is Nc1nc(-c2ccc(-c3ccc(C(=O)O)cn3)cc2OC2CCCC2)[nH]c(=O)c1N. The van der Waals surface area contributed by atoms with Crippen LogP contribution in [0.5, 0.6) is 5.75 Å². The van der Waals surface area contributed by atoms with Crippen LogP contribution in [0.15, 0.2) is 41.3 Å². The van der Waals surface area contributed by atoms with Crippen molar-refractivity contribution in [3.05, 3.63) is 52.4 Å². The molecule has 1 aliphatic carbocycles. The molecule has 30 heavy (non-hydrogen) atoms. The van der Waals surface area contributed by atoms with Gasteiger partial charge in [0.25, 0.3) is 5.56 Å². The zero-order chi connectivity index (χ0) is 21.3. The van der Waals surface area contributed by atoms with Crippen LogP contribution in [-0.2, 0) is 0 Å². The number of carbonyl (C=O) groups is 1. The fraction of sp³-hybridized carbons (Fsp3) is 0.238. The van der Waals surface area contributed by atoms with E-state index in [4.69, 9.17) is 21.3 Å². The number of nitrogens with two attached hydrogens (primary N) is 2. The number of carboxylic acid groups (broad SMARTS) is 1. The number of aromatic amines is 1. The van der Waals surface area contributed by atoms with E-state index in [2.05, 4.69) is 15.0 Å². The van der Waals surface area contributed by atoms with Gasteiger partial charge in [-0.05, 0) is 49.9 Å². The molecule has 4 rings (SSSR count). The van der Waals surface area contributed by atoms with Gasteiger partial charge in [-0.25, -0.2) is 9.78 Å². The average Bonchev–Trinajstić information content (AvgIpc) is 3.25. The molecule has 1 fully saturated rings. The summed E-state index contributed by atoms with van der Waals surface area (Å²) in [6.07, 6.45) is 5.47. The number of carboxylic acids is 1. The third-order valence-corrected chi connectivity index (χ3v) is 5.12. The Morgan fingerprint density at radius 2 is 1.93 bits per heavy atom. The van der Waals surface area contributed by atoms with Crippen molar-refractivity contribution >= 4 is 17.5 Å². The summed E-state index contributed by atoms with van der Waals surface area (Å²) in [5, 5.41) is 9.06. The van der Waals surface area contributed by atoms with Gasteiger partial charge in [-0.15, -0.1) is 0 Å². The molecule has 0 radical (unpaired) electrons. The summed E-state index contributed by atoms with van der Waals surface area (Å²) in [7, 11) is 0. The maximum atomic E-state index is 12.1. The number of nitrogens with zero attached hydrogens (tertiary/aromatic N) is 2. The molecular formula is C21H21N5O4. The lowest BCUT2D eigenvalue weighted by atomic mass is 10.1. The number of hydrogen-bond donors (Lipinski definition) is 4. The van der Waals surface area contributed by atoms with E-state index in [0.29, 0.717) is 17.0 Å².